The molecule has 239 valence electrons. The summed E-state index contributed by atoms with van der Waals surface area (Å²) >= 11 is 0. The maximum atomic E-state index is 6.12. The molecule has 0 aliphatic heterocycles. The van der Waals surface area contributed by atoms with Crippen molar-refractivity contribution in [2.75, 3.05) is 0 Å². The largest absolute Gasteiger partial charge is 0.501 e. The molecule has 0 atom stereocenters. The zero-order valence-corrected chi connectivity index (χ0v) is 31.1. The zero-order valence-electron chi connectivity index (χ0n) is 27.7. The van der Waals surface area contributed by atoms with Crippen molar-refractivity contribution in [3.63, 3.8) is 0 Å². The molecular formula is C42H40IrN2OSi-2. The molecule has 0 aliphatic rings. The van der Waals surface area contributed by atoms with Crippen molar-refractivity contribution in [2.45, 2.75) is 46.3 Å². The van der Waals surface area contributed by atoms with Gasteiger partial charge in [0.1, 0.15) is 5.58 Å². The van der Waals surface area contributed by atoms with Gasteiger partial charge in [0.15, 0.2) is 0 Å². The van der Waals surface area contributed by atoms with Crippen LogP contribution in [0.4, 0.5) is 0 Å². The first-order valence-electron chi connectivity index (χ1n) is 16.0. The average molecular weight is 809 g/mol. The Bertz CT molecular complexity index is 2060. The summed E-state index contributed by atoms with van der Waals surface area (Å²) in [6.45, 7) is 11.7. The third-order valence-corrected chi connectivity index (χ3v) is 10.1. The Balaban J connectivity index is 0.000000188. The van der Waals surface area contributed by atoms with E-state index in [4.69, 9.17) is 4.42 Å². The van der Waals surface area contributed by atoms with Gasteiger partial charge in [0.2, 0.25) is 0 Å². The van der Waals surface area contributed by atoms with Gasteiger partial charge >= 0.3 is 0 Å². The summed E-state index contributed by atoms with van der Waals surface area (Å²) in [6, 6.07) is 43.7. The molecule has 3 aromatic heterocycles. The van der Waals surface area contributed by atoms with Gasteiger partial charge in [0, 0.05) is 37.9 Å². The Morgan fingerprint density at radius 3 is 2.23 bits per heavy atom. The van der Waals surface area contributed by atoms with E-state index in [0.29, 0.717) is 5.92 Å². The Morgan fingerprint density at radius 2 is 1.49 bits per heavy atom. The fraction of sp³-hybridized carbons (Fsp3) is 0.190. The first-order chi connectivity index (χ1) is 22.3. The Kier molecular flexibility index (Phi) is 11.0. The van der Waals surface area contributed by atoms with E-state index < -0.39 is 8.07 Å². The van der Waals surface area contributed by atoms with Crippen LogP contribution in [-0.4, -0.2) is 18.0 Å². The van der Waals surface area contributed by atoms with Crippen LogP contribution in [0.1, 0.15) is 30.5 Å². The predicted octanol–water partition coefficient (Wildman–Crippen LogP) is 10.3. The topological polar surface area (TPSA) is 38.9 Å². The molecule has 7 rings (SSSR count). The number of para-hydroxylation sites is 1. The van der Waals surface area contributed by atoms with Crippen LogP contribution in [0.15, 0.2) is 126 Å². The van der Waals surface area contributed by atoms with Crippen molar-refractivity contribution in [1.29, 1.82) is 0 Å². The van der Waals surface area contributed by atoms with Gasteiger partial charge in [-0.3, -0.25) is 0 Å². The summed E-state index contributed by atoms with van der Waals surface area (Å²) in [6.07, 6.45) is 5.98. The maximum absolute atomic E-state index is 6.12. The summed E-state index contributed by atoms with van der Waals surface area (Å²) in [4.78, 5) is 9.27. The first kappa shape index (κ1) is 34.2. The van der Waals surface area contributed by atoms with Gasteiger partial charge in [-0.15, -0.1) is 54.1 Å². The number of furan rings is 1. The van der Waals surface area contributed by atoms with E-state index >= 15 is 0 Å². The van der Waals surface area contributed by atoms with Gasteiger partial charge in [-0.25, -0.2) is 0 Å². The van der Waals surface area contributed by atoms with Gasteiger partial charge < -0.3 is 14.4 Å². The van der Waals surface area contributed by atoms with Crippen LogP contribution < -0.4 is 5.19 Å². The van der Waals surface area contributed by atoms with Crippen LogP contribution in [0, 0.1) is 18.1 Å². The molecule has 0 amide bonds. The fourth-order valence-electron chi connectivity index (χ4n) is 5.91. The van der Waals surface area contributed by atoms with E-state index in [9.17, 15) is 0 Å². The van der Waals surface area contributed by atoms with Gasteiger partial charge in [-0.1, -0.05) is 111 Å². The molecule has 1 radical (unpaired) electrons. The van der Waals surface area contributed by atoms with Crippen molar-refractivity contribution in [3.8, 4) is 22.5 Å². The second kappa shape index (κ2) is 15.2. The molecule has 0 saturated carbocycles. The fourth-order valence-corrected chi connectivity index (χ4v) is 7.50. The first-order valence-corrected chi connectivity index (χ1v) is 19.5. The molecule has 0 spiro atoms. The monoisotopic (exact) mass is 809 g/mol. The molecular weight excluding hydrogens is 769 g/mol. The smallest absolute Gasteiger partial charge is 0.120 e. The van der Waals surface area contributed by atoms with Crippen LogP contribution in [0.2, 0.25) is 19.6 Å². The molecule has 3 nitrogen and oxygen atoms in total. The molecule has 4 aromatic carbocycles. The third kappa shape index (κ3) is 8.23. The van der Waals surface area contributed by atoms with E-state index in [0.717, 1.165) is 57.3 Å². The van der Waals surface area contributed by atoms with E-state index in [-0.39, 0.29) is 20.1 Å². The second-order valence-corrected chi connectivity index (χ2v) is 18.3. The van der Waals surface area contributed by atoms with Crippen molar-refractivity contribution in [3.05, 3.63) is 150 Å². The summed E-state index contributed by atoms with van der Waals surface area (Å²) < 4.78 is 6.12. The van der Waals surface area contributed by atoms with Crippen LogP contribution >= 0.6 is 0 Å². The van der Waals surface area contributed by atoms with E-state index in [2.05, 4.69) is 122 Å². The van der Waals surface area contributed by atoms with Crippen LogP contribution in [-0.2, 0) is 32.9 Å². The maximum Gasteiger partial charge on any atom is 0.120 e. The number of pyridine rings is 2. The molecule has 0 N–H and O–H groups in total. The molecule has 0 saturated heterocycles. The number of fused-ring (bicyclic) bond motifs is 3. The van der Waals surface area contributed by atoms with Gasteiger partial charge in [0.05, 0.1) is 13.7 Å². The molecule has 0 aliphatic carbocycles. The quantitative estimate of drug-likeness (QED) is 0.119. The number of hydrogen-bond donors (Lipinski definition) is 0. The van der Waals surface area contributed by atoms with Crippen molar-refractivity contribution < 1.29 is 24.5 Å². The van der Waals surface area contributed by atoms with Crippen molar-refractivity contribution >= 4 is 35.2 Å². The number of hydrogen-bond acceptors (Lipinski definition) is 3. The number of nitrogens with zero attached hydrogens (tertiary/aromatic N) is 2. The van der Waals surface area contributed by atoms with E-state index in [1.165, 1.54) is 21.9 Å². The molecule has 0 unspecified atom stereocenters. The Labute approximate surface area is 293 Å². The van der Waals surface area contributed by atoms with Gasteiger partial charge in [-0.2, -0.15) is 0 Å². The summed E-state index contributed by atoms with van der Waals surface area (Å²) in [7, 11) is -1.34. The van der Waals surface area contributed by atoms with Gasteiger partial charge in [0.25, 0.3) is 0 Å². The van der Waals surface area contributed by atoms with Crippen LogP contribution in [0.5, 0.6) is 0 Å². The normalized spacial score (nSPS) is 11.3. The minimum absolute atomic E-state index is 0. The SMILES string of the molecule is CC(C)Cc1cc(-c2[c-]cccc2)ncc1[Si](C)(C)C.[Ir].[c-]1ccc2c(oc3ccccc32)c1-c1cc(Cc2ccccc2)ccn1. The molecule has 47 heavy (non-hydrogen) atoms. The summed E-state index contributed by atoms with van der Waals surface area (Å²) in [5.74, 6) is 0.667. The van der Waals surface area contributed by atoms with E-state index in [1.54, 1.807) is 0 Å². The summed E-state index contributed by atoms with van der Waals surface area (Å²) in [5.41, 5.74) is 9.65. The van der Waals surface area contributed by atoms with Crippen molar-refractivity contribution in [2.24, 2.45) is 5.92 Å². The Morgan fingerprint density at radius 1 is 0.723 bits per heavy atom. The predicted molar refractivity (Wildman–Crippen MR) is 195 cm³/mol. The number of benzene rings is 4. The number of aromatic nitrogens is 2. The molecule has 7 aromatic rings. The molecule has 0 fully saturated rings. The van der Waals surface area contributed by atoms with Crippen LogP contribution in [0.3, 0.4) is 0 Å². The minimum atomic E-state index is -1.34. The molecule has 5 heteroatoms. The van der Waals surface area contributed by atoms with Crippen molar-refractivity contribution in [1.82, 2.24) is 9.97 Å². The summed E-state index contributed by atoms with van der Waals surface area (Å²) in [5, 5.41) is 3.72. The second-order valence-electron chi connectivity index (χ2n) is 13.3. The average Bonchev–Trinajstić information content (AvgIpc) is 3.44. The standard InChI is InChI=1S/C24H16NO.C18H24NSi.Ir/c1-2-7-17(8-3-1)15-18-13-14-25-22(16-18)21-11-6-10-20-19-9-4-5-12-23(19)26-24(20)21;1-14(2)11-16-12-17(15-9-7-6-8-10-15)19-13-18(16)20(3,4)5;/h1-10,12-14,16H,15H2;6-9,12-14H,11H2,1-5H3;/q2*-1;. The minimum Gasteiger partial charge on any atom is -0.501 e. The van der Waals surface area contributed by atoms with Gasteiger partial charge in [-0.05, 0) is 58.6 Å². The zero-order chi connectivity index (χ0) is 32.1. The Hall–Kier alpha value is -4.15. The van der Waals surface area contributed by atoms with E-state index in [1.807, 2.05) is 54.7 Å². The van der Waals surface area contributed by atoms with Crippen LogP contribution in [0.25, 0.3) is 44.5 Å². The molecule has 3 heterocycles. The number of rotatable bonds is 7. The third-order valence-electron chi connectivity index (χ3n) is 8.08. The molecule has 0 bridgehead atoms.